The molecule has 2 aliphatic heterocycles. The molecule has 2 N–H and O–H groups in total. The van der Waals surface area contributed by atoms with Gasteiger partial charge in [0.05, 0.1) is 5.56 Å². The normalized spacial score (nSPS) is 22.3. The lowest BCUT2D eigenvalue weighted by Gasteiger charge is -2.39. The number of carboxylic acid groups (broad SMARTS) is 1. The van der Waals surface area contributed by atoms with Crippen molar-refractivity contribution in [2.75, 3.05) is 26.7 Å². The Bertz CT molecular complexity index is 843. The topological polar surface area (TPSA) is 102 Å². The molecule has 0 bridgehead atoms. The molecule has 1 amide bonds. The van der Waals surface area contributed by atoms with Gasteiger partial charge < -0.3 is 10.0 Å². The molecule has 4 rings (SSSR count). The largest absolute Gasteiger partial charge is 0.480 e. The van der Waals surface area contributed by atoms with Gasteiger partial charge in [0, 0.05) is 25.2 Å². The van der Waals surface area contributed by atoms with Crippen LogP contribution >= 0.6 is 0 Å². The number of aromatic nitrogens is 3. The van der Waals surface area contributed by atoms with Gasteiger partial charge in [-0.05, 0) is 37.8 Å². The minimum Gasteiger partial charge on any atom is -0.480 e. The van der Waals surface area contributed by atoms with Crippen molar-refractivity contribution < 1.29 is 14.7 Å². The quantitative estimate of drug-likeness (QED) is 0.850. The van der Waals surface area contributed by atoms with E-state index in [1.165, 1.54) is 6.33 Å². The van der Waals surface area contributed by atoms with E-state index in [9.17, 15) is 14.7 Å². The molecule has 1 aromatic heterocycles. The van der Waals surface area contributed by atoms with Gasteiger partial charge in [0.25, 0.3) is 5.91 Å². The number of nitrogens with one attached hydrogen (secondary N) is 1. The number of amides is 1. The Morgan fingerprint density at radius 3 is 2.63 bits per heavy atom. The highest BCUT2D eigenvalue weighted by atomic mass is 16.4. The van der Waals surface area contributed by atoms with Gasteiger partial charge in [-0.1, -0.05) is 18.2 Å². The van der Waals surface area contributed by atoms with E-state index in [0.29, 0.717) is 30.9 Å². The van der Waals surface area contributed by atoms with Crippen LogP contribution in [0.2, 0.25) is 0 Å². The number of piperidine rings is 1. The Balaban J connectivity index is 1.48. The van der Waals surface area contributed by atoms with E-state index in [4.69, 9.17) is 0 Å². The molecule has 0 radical (unpaired) electrons. The summed E-state index contributed by atoms with van der Waals surface area (Å²) in [7, 11) is 1.87. The van der Waals surface area contributed by atoms with Crippen molar-refractivity contribution in [3.63, 3.8) is 0 Å². The second-order valence-corrected chi connectivity index (χ2v) is 7.65. The van der Waals surface area contributed by atoms with E-state index in [2.05, 4.69) is 15.2 Å². The van der Waals surface area contributed by atoms with Crippen LogP contribution in [0, 0.1) is 5.41 Å². The molecular formula is C19H23N5O3. The number of nitrogens with zero attached hydrogens (tertiary/aromatic N) is 4. The zero-order chi connectivity index (χ0) is 19.0. The van der Waals surface area contributed by atoms with Gasteiger partial charge in [0.15, 0.2) is 5.82 Å². The summed E-state index contributed by atoms with van der Waals surface area (Å²) in [6, 6.07) is 6.98. The maximum absolute atomic E-state index is 13.1. The summed E-state index contributed by atoms with van der Waals surface area (Å²) in [5, 5.41) is 16.1. The Morgan fingerprint density at radius 1 is 1.26 bits per heavy atom. The molecular weight excluding hydrogens is 346 g/mol. The van der Waals surface area contributed by atoms with E-state index in [-0.39, 0.29) is 11.3 Å². The van der Waals surface area contributed by atoms with Crippen LogP contribution in [-0.2, 0) is 4.79 Å². The summed E-state index contributed by atoms with van der Waals surface area (Å²) in [6.45, 7) is 2.06. The zero-order valence-corrected chi connectivity index (χ0v) is 15.3. The molecule has 142 valence electrons. The maximum Gasteiger partial charge on any atom is 0.320 e. The van der Waals surface area contributed by atoms with Crippen molar-refractivity contribution in [3.8, 4) is 11.4 Å². The number of likely N-dealkylation sites (N-methyl/N-ethyl adjacent to an activating group) is 1. The second-order valence-electron chi connectivity index (χ2n) is 7.65. The summed E-state index contributed by atoms with van der Waals surface area (Å²) in [6.07, 6.45) is 3.75. The predicted molar refractivity (Wildman–Crippen MR) is 98.1 cm³/mol. The average Bonchev–Trinajstić information content (AvgIpc) is 3.30. The molecule has 0 unspecified atom stereocenters. The molecule has 2 aliphatic rings. The fraction of sp³-hybridized carbons (Fsp3) is 0.474. The van der Waals surface area contributed by atoms with E-state index in [0.717, 1.165) is 24.9 Å². The average molecular weight is 369 g/mol. The van der Waals surface area contributed by atoms with E-state index in [1.807, 2.05) is 41.1 Å². The number of aliphatic carboxylic acids is 1. The zero-order valence-electron chi connectivity index (χ0n) is 15.3. The lowest BCUT2D eigenvalue weighted by molar-refractivity contribution is -0.141. The SMILES string of the molecule is CN1CC2(CCN(C(=O)c3ccccc3-c3ncn[nH]3)CC2)C[C@@H]1C(=O)O. The van der Waals surface area contributed by atoms with Crippen molar-refractivity contribution in [3.05, 3.63) is 36.2 Å². The van der Waals surface area contributed by atoms with E-state index >= 15 is 0 Å². The fourth-order valence-corrected chi connectivity index (χ4v) is 4.47. The van der Waals surface area contributed by atoms with Gasteiger partial charge in [0.2, 0.25) is 0 Å². The summed E-state index contributed by atoms with van der Waals surface area (Å²) in [5.74, 6) is -0.194. The molecule has 0 aliphatic carbocycles. The van der Waals surface area contributed by atoms with Gasteiger partial charge >= 0.3 is 5.97 Å². The summed E-state index contributed by atoms with van der Waals surface area (Å²) in [5.41, 5.74) is 1.35. The number of aromatic amines is 1. The lowest BCUT2D eigenvalue weighted by atomic mass is 9.76. The third-order valence-electron chi connectivity index (χ3n) is 5.97. The third kappa shape index (κ3) is 3.21. The number of carbonyl (C=O) groups excluding carboxylic acids is 1. The molecule has 2 aromatic rings. The lowest BCUT2D eigenvalue weighted by Crippen LogP contribution is -2.44. The minimum atomic E-state index is -0.756. The Labute approximate surface area is 157 Å². The highest BCUT2D eigenvalue weighted by Crippen LogP contribution is 2.43. The van der Waals surface area contributed by atoms with E-state index < -0.39 is 12.0 Å². The third-order valence-corrected chi connectivity index (χ3v) is 5.97. The number of carboxylic acids is 1. The van der Waals surface area contributed by atoms with Crippen molar-refractivity contribution in [2.45, 2.75) is 25.3 Å². The van der Waals surface area contributed by atoms with Crippen LogP contribution in [0.4, 0.5) is 0 Å². The first-order valence-electron chi connectivity index (χ1n) is 9.16. The Hall–Kier alpha value is -2.74. The summed E-state index contributed by atoms with van der Waals surface area (Å²) >= 11 is 0. The van der Waals surface area contributed by atoms with Crippen molar-refractivity contribution in [1.82, 2.24) is 25.0 Å². The number of rotatable bonds is 3. The number of benzene rings is 1. The molecule has 1 atom stereocenters. The molecule has 2 saturated heterocycles. The molecule has 3 heterocycles. The number of likely N-dealkylation sites (tertiary alicyclic amines) is 2. The second kappa shape index (κ2) is 6.77. The fourth-order valence-electron chi connectivity index (χ4n) is 4.47. The Morgan fingerprint density at radius 2 is 2.00 bits per heavy atom. The monoisotopic (exact) mass is 369 g/mol. The minimum absolute atomic E-state index is 0.000957. The van der Waals surface area contributed by atoms with E-state index in [1.54, 1.807) is 0 Å². The van der Waals surface area contributed by atoms with Crippen LogP contribution < -0.4 is 0 Å². The highest BCUT2D eigenvalue weighted by Gasteiger charge is 2.47. The summed E-state index contributed by atoms with van der Waals surface area (Å²) in [4.78, 5) is 32.5. The first-order chi connectivity index (χ1) is 13.0. The highest BCUT2D eigenvalue weighted by molar-refractivity contribution is 6.00. The van der Waals surface area contributed by atoms with Crippen LogP contribution in [0.1, 0.15) is 29.6 Å². The molecule has 1 aromatic carbocycles. The van der Waals surface area contributed by atoms with Crippen LogP contribution in [0.15, 0.2) is 30.6 Å². The molecule has 1 spiro atoms. The van der Waals surface area contributed by atoms with Crippen molar-refractivity contribution in [1.29, 1.82) is 0 Å². The van der Waals surface area contributed by atoms with Crippen molar-refractivity contribution >= 4 is 11.9 Å². The number of hydrogen-bond donors (Lipinski definition) is 2. The van der Waals surface area contributed by atoms with Crippen LogP contribution in [0.25, 0.3) is 11.4 Å². The molecule has 0 saturated carbocycles. The first kappa shape index (κ1) is 17.7. The standard InChI is InChI=1S/C19H23N5O3/c1-23-11-19(10-15(23)18(26)27)6-8-24(9-7-19)17(25)14-5-3-2-4-13(14)16-20-12-21-22-16/h2-5,12,15H,6-11H2,1H3,(H,26,27)(H,20,21,22)/t15-/m1/s1. The molecule has 27 heavy (non-hydrogen) atoms. The Kier molecular flexibility index (Phi) is 4.43. The van der Waals surface area contributed by atoms with Crippen LogP contribution in [0.3, 0.4) is 0 Å². The number of hydrogen-bond acceptors (Lipinski definition) is 5. The first-order valence-corrected chi connectivity index (χ1v) is 9.16. The number of H-pyrrole nitrogens is 1. The van der Waals surface area contributed by atoms with Crippen LogP contribution in [0.5, 0.6) is 0 Å². The van der Waals surface area contributed by atoms with Gasteiger partial charge in [0.1, 0.15) is 12.4 Å². The smallest absolute Gasteiger partial charge is 0.320 e. The van der Waals surface area contributed by atoms with Gasteiger partial charge in [-0.2, -0.15) is 5.10 Å². The maximum atomic E-state index is 13.1. The summed E-state index contributed by atoms with van der Waals surface area (Å²) < 4.78 is 0. The molecule has 2 fully saturated rings. The van der Waals surface area contributed by atoms with Gasteiger partial charge in [-0.15, -0.1) is 0 Å². The van der Waals surface area contributed by atoms with Crippen LogP contribution in [-0.4, -0.2) is 74.7 Å². The van der Waals surface area contributed by atoms with Crippen molar-refractivity contribution in [2.24, 2.45) is 5.41 Å². The van der Waals surface area contributed by atoms with Gasteiger partial charge in [-0.3, -0.25) is 19.6 Å². The molecule has 8 heteroatoms. The number of carbonyl (C=O) groups is 2. The predicted octanol–water partition coefficient (Wildman–Crippen LogP) is 1.48. The van der Waals surface area contributed by atoms with Gasteiger partial charge in [-0.25, -0.2) is 4.98 Å². The molecule has 8 nitrogen and oxygen atoms in total.